The van der Waals surface area contributed by atoms with E-state index in [9.17, 15) is 0 Å². The molecule has 0 N–H and O–H groups in total. The number of hydrogen-bond donors (Lipinski definition) is 0. The number of rotatable bonds is 3. The van der Waals surface area contributed by atoms with E-state index in [0.29, 0.717) is 16.5 Å². The first-order valence-electron chi connectivity index (χ1n) is 7.70. The summed E-state index contributed by atoms with van der Waals surface area (Å²) in [7, 11) is 0. The van der Waals surface area contributed by atoms with Crippen molar-refractivity contribution < 1.29 is 0 Å². The van der Waals surface area contributed by atoms with E-state index in [1.807, 2.05) is 61.5 Å². The van der Waals surface area contributed by atoms with Crippen LogP contribution in [-0.2, 0) is 6.42 Å². The quantitative estimate of drug-likeness (QED) is 0.565. The Morgan fingerprint density at radius 2 is 1.83 bits per heavy atom. The fourth-order valence-corrected chi connectivity index (χ4v) is 2.79. The summed E-state index contributed by atoms with van der Waals surface area (Å²) in [5.41, 5.74) is 4.07. The average Bonchev–Trinajstić information content (AvgIpc) is 3.00. The third-order valence-corrected chi connectivity index (χ3v) is 4.02. The van der Waals surface area contributed by atoms with Crippen molar-refractivity contribution in [2.45, 2.75) is 13.3 Å². The lowest BCUT2D eigenvalue weighted by Crippen LogP contribution is -2.00. The van der Waals surface area contributed by atoms with Crippen molar-refractivity contribution in [1.29, 1.82) is 0 Å². The summed E-state index contributed by atoms with van der Waals surface area (Å²) < 4.78 is 1.74. The molecule has 0 amide bonds. The summed E-state index contributed by atoms with van der Waals surface area (Å²) in [5.74, 6) is 0.600. The van der Waals surface area contributed by atoms with E-state index in [-0.39, 0.29) is 0 Å². The van der Waals surface area contributed by atoms with Crippen LogP contribution in [0, 0.1) is 0 Å². The number of aromatic nitrogens is 5. The van der Waals surface area contributed by atoms with E-state index >= 15 is 0 Å². The van der Waals surface area contributed by atoms with E-state index in [2.05, 4.69) is 15.3 Å². The third-order valence-electron chi connectivity index (χ3n) is 3.78. The topological polar surface area (TPSA) is 56.5 Å². The second kappa shape index (κ2) is 6.02. The first kappa shape index (κ1) is 14.8. The van der Waals surface area contributed by atoms with Gasteiger partial charge in [-0.15, -0.1) is 10.2 Å². The van der Waals surface area contributed by atoms with Crippen LogP contribution in [0.15, 0.2) is 54.6 Å². The highest BCUT2D eigenvalue weighted by Crippen LogP contribution is 2.23. The van der Waals surface area contributed by atoms with Crippen molar-refractivity contribution >= 4 is 22.8 Å². The van der Waals surface area contributed by atoms with Crippen LogP contribution >= 0.6 is 11.6 Å². The summed E-state index contributed by atoms with van der Waals surface area (Å²) in [4.78, 5) is 4.69. The van der Waals surface area contributed by atoms with E-state index in [0.717, 1.165) is 28.9 Å². The molecule has 0 radical (unpaired) electrons. The van der Waals surface area contributed by atoms with Gasteiger partial charge in [-0.25, -0.2) is 9.67 Å². The number of nitrogens with zero attached hydrogens (tertiary/aromatic N) is 5. The monoisotopic (exact) mass is 335 g/mol. The zero-order valence-corrected chi connectivity index (χ0v) is 13.8. The zero-order chi connectivity index (χ0) is 16.5. The number of halogens is 1. The SMILES string of the molecule is CCc1nn(-c2cccc(Cl)c2)c2nnc(-c3ccccc3)nc12. The summed E-state index contributed by atoms with van der Waals surface area (Å²) in [6.07, 6.45) is 0.761. The minimum Gasteiger partial charge on any atom is -0.221 e. The number of hydrogen-bond acceptors (Lipinski definition) is 4. The predicted octanol–water partition coefficient (Wildman–Crippen LogP) is 4.09. The molecule has 5 nitrogen and oxygen atoms in total. The van der Waals surface area contributed by atoms with Crippen LogP contribution in [0.4, 0.5) is 0 Å². The van der Waals surface area contributed by atoms with Gasteiger partial charge in [0, 0.05) is 10.6 Å². The molecule has 6 heteroatoms. The summed E-state index contributed by atoms with van der Waals surface area (Å²) in [5, 5.41) is 14.0. The van der Waals surface area contributed by atoms with Crippen LogP contribution in [0.25, 0.3) is 28.2 Å². The van der Waals surface area contributed by atoms with Crippen LogP contribution in [0.5, 0.6) is 0 Å². The van der Waals surface area contributed by atoms with E-state index in [4.69, 9.17) is 16.6 Å². The molecule has 4 aromatic rings. The maximum atomic E-state index is 6.10. The normalized spacial score (nSPS) is 11.1. The maximum Gasteiger partial charge on any atom is 0.204 e. The fraction of sp³-hybridized carbons (Fsp3) is 0.111. The third kappa shape index (κ3) is 2.53. The van der Waals surface area contributed by atoms with Gasteiger partial charge < -0.3 is 0 Å². The Morgan fingerprint density at radius 3 is 2.58 bits per heavy atom. The molecule has 0 atom stereocenters. The molecule has 0 aliphatic rings. The molecule has 24 heavy (non-hydrogen) atoms. The molecular weight excluding hydrogens is 322 g/mol. The molecule has 0 unspecified atom stereocenters. The summed E-state index contributed by atoms with van der Waals surface area (Å²) in [6.45, 7) is 2.05. The molecule has 0 fully saturated rings. The van der Waals surface area contributed by atoms with Gasteiger partial charge in [0.15, 0.2) is 5.82 Å². The van der Waals surface area contributed by atoms with Gasteiger partial charge >= 0.3 is 0 Å². The van der Waals surface area contributed by atoms with Crippen molar-refractivity contribution in [3.63, 3.8) is 0 Å². The predicted molar refractivity (Wildman–Crippen MR) is 94.3 cm³/mol. The Bertz CT molecular complexity index is 1010. The van der Waals surface area contributed by atoms with Gasteiger partial charge in [-0.05, 0) is 24.6 Å². The van der Waals surface area contributed by atoms with Gasteiger partial charge in [-0.1, -0.05) is 54.9 Å². The molecule has 118 valence electrons. The minimum absolute atomic E-state index is 0.600. The Labute approximate surface area is 143 Å². The Kier molecular flexibility index (Phi) is 3.70. The largest absolute Gasteiger partial charge is 0.221 e. The van der Waals surface area contributed by atoms with Crippen molar-refractivity contribution in [3.8, 4) is 17.1 Å². The molecule has 0 saturated heterocycles. The molecule has 0 saturated carbocycles. The Hall–Kier alpha value is -2.79. The molecule has 2 aromatic heterocycles. The first-order valence-corrected chi connectivity index (χ1v) is 8.07. The fourth-order valence-electron chi connectivity index (χ4n) is 2.61. The average molecular weight is 336 g/mol. The number of aryl methyl sites for hydroxylation is 1. The van der Waals surface area contributed by atoms with Crippen LogP contribution < -0.4 is 0 Å². The van der Waals surface area contributed by atoms with Crippen molar-refractivity contribution in [1.82, 2.24) is 25.0 Å². The van der Waals surface area contributed by atoms with Gasteiger partial charge in [0.1, 0.15) is 5.52 Å². The zero-order valence-electron chi connectivity index (χ0n) is 13.0. The van der Waals surface area contributed by atoms with Gasteiger partial charge in [-0.2, -0.15) is 5.10 Å². The highest BCUT2D eigenvalue weighted by Gasteiger charge is 2.16. The Morgan fingerprint density at radius 1 is 1.00 bits per heavy atom. The maximum absolute atomic E-state index is 6.10. The molecule has 0 spiro atoms. The second-order valence-corrected chi connectivity index (χ2v) is 5.80. The lowest BCUT2D eigenvalue weighted by molar-refractivity contribution is 0.845. The van der Waals surface area contributed by atoms with Crippen LogP contribution in [0.1, 0.15) is 12.6 Å². The number of fused-ring (bicyclic) bond motifs is 1. The Balaban J connectivity index is 1.92. The van der Waals surface area contributed by atoms with Crippen molar-refractivity contribution in [2.75, 3.05) is 0 Å². The van der Waals surface area contributed by atoms with Crippen LogP contribution in [-0.4, -0.2) is 25.0 Å². The molecule has 0 bridgehead atoms. The molecule has 0 aliphatic carbocycles. The molecular formula is C18H14ClN5. The molecule has 0 aliphatic heterocycles. The highest BCUT2D eigenvalue weighted by atomic mass is 35.5. The molecule has 2 heterocycles. The van der Waals surface area contributed by atoms with Crippen molar-refractivity contribution in [2.24, 2.45) is 0 Å². The summed E-state index contributed by atoms with van der Waals surface area (Å²) in [6, 6.07) is 17.3. The molecule has 4 rings (SSSR count). The highest BCUT2D eigenvalue weighted by molar-refractivity contribution is 6.30. The van der Waals surface area contributed by atoms with E-state index in [1.165, 1.54) is 0 Å². The van der Waals surface area contributed by atoms with Gasteiger partial charge in [0.25, 0.3) is 0 Å². The lowest BCUT2D eigenvalue weighted by Gasteiger charge is -2.03. The van der Waals surface area contributed by atoms with Crippen LogP contribution in [0.2, 0.25) is 5.02 Å². The smallest absolute Gasteiger partial charge is 0.204 e. The summed E-state index contributed by atoms with van der Waals surface area (Å²) >= 11 is 6.10. The molecule has 2 aromatic carbocycles. The van der Waals surface area contributed by atoms with E-state index in [1.54, 1.807) is 4.68 Å². The second-order valence-electron chi connectivity index (χ2n) is 5.37. The number of benzene rings is 2. The standard InChI is InChI=1S/C18H14ClN5/c1-2-15-16-18(24(23-15)14-10-6-9-13(19)11-14)22-21-17(20-16)12-7-4-3-5-8-12/h3-11H,2H2,1H3. The van der Waals surface area contributed by atoms with Crippen LogP contribution in [0.3, 0.4) is 0 Å². The van der Waals surface area contributed by atoms with Gasteiger partial charge in [0.2, 0.25) is 5.65 Å². The first-order chi connectivity index (χ1) is 11.8. The van der Waals surface area contributed by atoms with Gasteiger partial charge in [-0.3, -0.25) is 0 Å². The lowest BCUT2D eigenvalue weighted by atomic mass is 10.2. The van der Waals surface area contributed by atoms with Gasteiger partial charge in [0.05, 0.1) is 11.4 Å². The minimum atomic E-state index is 0.600. The van der Waals surface area contributed by atoms with Crippen molar-refractivity contribution in [3.05, 3.63) is 65.3 Å². The van der Waals surface area contributed by atoms with E-state index < -0.39 is 0 Å².